The maximum Gasteiger partial charge on any atom is 0.305 e. The summed E-state index contributed by atoms with van der Waals surface area (Å²) < 4.78 is 0. The molecular formula is C14H17NO3S2. The molecule has 0 bridgehead atoms. The summed E-state index contributed by atoms with van der Waals surface area (Å²) >= 11 is 3.46. The van der Waals surface area contributed by atoms with Gasteiger partial charge in [0.05, 0.1) is 11.3 Å². The van der Waals surface area contributed by atoms with Crippen molar-refractivity contribution in [3.63, 3.8) is 0 Å². The third-order valence-electron chi connectivity index (χ3n) is 3.75. The Morgan fingerprint density at radius 2 is 2.25 bits per heavy atom. The smallest absolute Gasteiger partial charge is 0.305 e. The van der Waals surface area contributed by atoms with Crippen molar-refractivity contribution in [3.05, 3.63) is 21.4 Å². The Morgan fingerprint density at radius 1 is 1.45 bits per heavy atom. The van der Waals surface area contributed by atoms with E-state index < -0.39 is 5.97 Å². The molecule has 2 aliphatic rings. The monoisotopic (exact) mass is 311 g/mol. The lowest BCUT2D eigenvalue weighted by atomic mass is 10.1. The predicted molar refractivity (Wildman–Crippen MR) is 80.4 cm³/mol. The van der Waals surface area contributed by atoms with Crippen LogP contribution < -0.4 is 5.32 Å². The van der Waals surface area contributed by atoms with Crippen LogP contribution in [0.25, 0.3) is 0 Å². The van der Waals surface area contributed by atoms with Gasteiger partial charge in [-0.3, -0.25) is 9.59 Å². The van der Waals surface area contributed by atoms with Crippen LogP contribution in [0.1, 0.15) is 39.4 Å². The van der Waals surface area contributed by atoms with Crippen LogP contribution in [0.4, 0.5) is 0 Å². The Kier molecular flexibility index (Phi) is 4.03. The molecule has 0 saturated heterocycles. The molecule has 108 valence electrons. The zero-order chi connectivity index (χ0) is 14.1. The molecule has 1 unspecified atom stereocenters. The number of thioether (sulfide) groups is 1. The number of carbonyl (C=O) groups is 2. The molecule has 4 nitrogen and oxygen atoms in total. The predicted octanol–water partition coefficient (Wildman–Crippen LogP) is 2.52. The summed E-state index contributed by atoms with van der Waals surface area (Å²) in [7, 11) is 0. The highest BCUT2D eigenvalue weighted by molar-refractivity contribution is 7.98. The molecule has 1 atom stereocenters. The maximum absolute atomic E-state index is 12.3. The Morgan fingerprint density at radius 3 is 2.90 bits per heavy atom. The molecule has 0 radical (unpaired) electrons. The summed E-state index contributed by atoms with van der Waals surface area (Å²) in [6.45, 7) is 0. The highest BCUT2D eigenvalue weighted by Crippen LogP contribution is 2.35. The van der Waals surface area contributed by atoms with Crippen molar-refractivity contribution in [3.8, 4) is 0 Å². The van der Waals surface area contributed by atoms with Gasteiger partial charge in [-0.05, 0) is 42.6 Å². The van der Waals surface area contributed by atoms with Crippen molar-refractivity contribution in [2.24, 2.45) is 5.92 Å². The lowest BCUT2D eigenvalue weighted by molar-refractivity contribution is -0.137. The zero-order valence-electron chi connectivity index (χ0n) is 11.1. The molecule has 2 heterocycles. The molecule has 3 rings (SSSR count). The molecule has 1 aliphatic carbocycles. The van der Waals surface area contributed by atoms with E-state index in [-0.39, 0.29) is 18.4 Å². The Labute approximate surface area is 125 Å². The van der Waals surface area contributed by atoms with Gasteiger partial charge in [0.2, 0.25) is 0 Å². The average Bonchev–Trinajstić information content (AvgIpc) is 3.16. The number of aliphatic carboxylic acids is 1. The Hall–Kier alpha value is -1.01. The first-order chi connectivity index (χ1) is 9.63. The number of thiophene rings is 1. The van der Waals surface area contributed by atoms with E-state index in [0.29, 0.717) is 5.92 Å². The Bertz CT molecular complexity index is 513. The summed E-state index contributed by atoms with van der Waals surface area (Å²) in [6, 6.07) is 1.76. The van der Waals surface area contributed by atoms with Gasteiger partial charge in [0.1, 0.15) is 0 Å². The van der Waals surface area contributed by atoms with E-state index in [4.69, 9.17) is 5.11 Å². The van der Waals surface area contributed by atoms with Crippen LogP contribution in [0, 0.1) is 5.92 Å². The molecule has 6 heteroatoms. The maximum atomic E-state index is 12.3. The first-order valence-electron chi connectivity index (χ1n) is 6.85. The molecule has 1 saturated carbocycles. The number of aryl methyl sites for hydroxylation is 1. The van der Waals surface area contributed by atoms with Crippen LogP contribution in [0.15, 0.2) is 6.07 Å². The van der Waals surface area contributed by atoms with Crippen LogP contribution in [-0.2, 0) is 17.0 Å². The average molecular weight is 311 g/mol. The van der Waals surface area contributed by atoms with Crippen molar-refractivity contribution in [1.29, 1.82) is 0 Å². The van der Waals surface area contributed by atoms with Crippen molar-refractivity contribution < 1.29 is 14.7 Å². The van der Waals surface area contributed by atoms with Gasteiger partial charge in [-0.1, -0.05) is 0 Å². The second kappa shape index (κ2) is 5.77. The minimum atomic E-state index is -0.843. The largest absolute Gasteiger partial charge is 0.481 e. The molecular weight excluding hydrogens is 294 g/mol. The number of carbonyl (C=O) groups excluding carboxylic acids is 1. The molecule has 1 fully saturated rings. The summed E-state index contributed by atoms with van der Waals surface area (Å²) in [4.78, 5) is 25.2. The van der Waals surface area contributed by atoms with Crippen LogP contribution in [0.2, 0.25) is 0 Å². The van der Waals surface area contributed by atoms with E-state index in [1.807, 2.05) is 17.8 Å². The van der Waals surface area contributed by atoms with Crippen molar-refractivity contribution in [1.82, 2.24) is 5.32 Å². The second-order valence-electron chi connectivity index (χ2n) is 5.38. The van der Waals surface area contributed by atoms with Gasteiger partial charge in [0.25, 0.3) is 5.91 Å². The lowest BCUT2D eigenvalue weighted by Crippen LogP contribution is -2.37. The van der Waals surface area contributed by atoms with Gasteiger partial charge in [-0.25, -0.2) is 0 Å². The number of carboxylic acids is 1. The minimum absolute atomic E-state index is 0.0251. The van der Waals surface area contributed by atoms with Gasteiger partial charge in [0.15, 0.2) is 0 Å². The number of amides is 1. The topological polar surface area (TPSA) is 66.4 Å². The SMILES string of the molecule is O=C(O)CC(NC(=O)c1cc2c(s1)CCSC2)C1CC1. The fourth-order valence-electron chi connectivity index (χ4n) is 2.52. The van der Waals surface area contributed by atoms with Gasteiger partial charge in [-0.2, -0.15) is 11.8 Å². The second-order valence-corrected chi connectivity index (χ2v) is 7.62. The Balaban J connectivity index is 1.68. The quantitative estimate of drug-likeness (QED) is 0.877. The first kappa shape index (κ1) is 13.9. The minimum Gasteiger partial charge on any atom is -0.481 e. The number of nitrogens with one attached hydrogen (secondary N) is 1. The summed E-state index contributed by atoms with van der Waals surface area (Å²) in [5, 5.41) is 11.8. The summed E-state index contributed by atoms with van der Waals surface area (Å²) in [5.41, 5.74) is 1.28. The molecule has 20 heavy (non-hydrogen) atoms. The fourth-order valence-corrected chi connectivity index (χ4v) is 4.80. The van der Waals surface area contributed by atoms with Gasteiger partial charge >= 0.3 is 5.97 Å². The molecule has 1 aliphatic heterocycles. The number of hydrogen-bond acceptors (Lipinski definition) is 4. The zero-order valence-corrected chi connectivity index (χ0v) is 12.7. The van der Waals surface area contributed by atoms with Gasteiger partial charge in [0, 0.05) is 16.7 Å². The fraction of sp³-hybridized carbons (Fsp3) is 0.571. The van der Waals surface area contributed by atoms with Gasteiger partial charge in [-0.15, -0.1) is 11.3 Å². The van der Waals surface area contributed by atoms with Crippen LogP contribution in [-0.4, -0.2) is 28.8 Å². The highest BCUT2D eigenvalue weighted by atomic mass is 32.2. The lowest BCUT2D eigenvalue weighted by Gasteiger charge is -2.15. The van der Waals surface area contributed by atoms with E-state index in [9.17, 15) is 9.59 Å². The molecule has 1 amide bonds. The number of hydrogen-bond donors (Lipinski definition) is 2. The van der Waals surface area contributed by atoms with Gasteiger partial charge < -0.3 is 10.4 Å². The molecule has 1 aromatic heterocycles. The van der Waals surface area contributed by atoms with Crippen molar-refractivity contribution >= 4 is 35.0 Å². The molecule has 0 spiro atoms. The number of carboxylic acid groups (broad SMARTS) is 1. The van der Waals surface area contributed by atoms with E-state index in [1.165, 1.54) is 10.4 Å². The highest BCUT2D eigenvalue weighted by Gasteiger charge is 2.34. The standard InChI is InChI=1S/C14H17NO3S2/c16-13(17)6-10(8-1-2-8)15-14(18)12-5-9-7-19-4-3-11(9)20-12/h5,8,10H,1-4,6-7H2,(H,15,18)(H,16,17). The van der Waals surface area contributed by atoms with E-state index in [1.54, 1.807) is 11.3 Å². The van der Waals surface area contributed by atoms with E-state index in [2.05, 4.69) is 5.32 Å². The number of fused-ring (bicyclic) bond motifs is 1. The van der Waals surface area contributed by atoms with E-state index in [0.717, 1.165) is 35.6 Å². The molecule has 0 aromatic carbocycles. The molecule has 1 aromatic rings. The van der Waals surface area contributed by atoms with Crippen LogP contribution in [0.3, 0.4) is 0 Å². The van der Waals surface area contributed by atoms with E-state index >= 15 is 0 Å². The van der Waals surface area contributed by atoms with Crippen LogP contribution >= 0.6 is 23.1 Å². The number of rotatable bonds is 5. The third kappa shape index (κ3) is 3.17. The summed E-state index contributed by atoms with van der Waals surface area (Å²) in [5.74, 6) is 1.51. The normalized spacial score (nSPS) is 19.2. The summed E-state index contributed by atoms with van der Waals surface area (Å²) in [6.07, 6.45) is 3.11. The van der Waals surface area contributed by atoms with Crippen LogP contribution in [0.5, 0.6) is 0 Å². The first-order valence-corrected chi connectivity index (χ1v) is 8.82. The third-order valence-corrected chi connectivity index (χ3v) is 6.00. The molecule has 2 N–H and O–H groups in total. The van der Waals surface area contributed by atoms with Crippen molar-refractivity contribution in [2.45, 2.75) is 37.5 Å². The van der Waals surface area contributed by atoms with Crippen molar-refractivity contribution in [2.75, 3.05) is 5.75 Å².